The molecule has 7 heteroatoms. The van der Waals surface area contributed by atoms with E-state index in [0.29, 0.717) is 41.4 Å². The molecule has 0 saturated carbocycles. The molecule has 1 saturated heterocycles. The van der Waals surface area contributed by atoms with Crippen LogP contribution in [0.2, 0.25) is 5.02 Å². The van der Waals surface area contributed by atoms with Crippen molar-refractivity contribution in [1.82, 2.24) is 4.90 Å². The van der Waals surface area contributed by atoms with Crippen molar-refractivity contribution in [3.8, 4) is 5.75 Å². The number of carbonyl (C=O) groups excluding carboxylic acids is 3. The maximum atomic E-state index is 13.5. The molecule has 0 aliphatic carbocycles. The van der Waals surface area contributed by atoms with E-state index in [1.54, 1.807) is 67.3 Å². The van der Waals surface area contributed by atoms with Gasteiger partial charge in [-0.3, -0.25) is 14.4 Å². The first-order chi connectivity index (χ1) is 23.1. The standard InChI is InChI=1S/C41H51ClN2O4/c1-4-5-6-7-8-9-10-11-12-13-14-15-16-17-18-19-20-37(39(43)46)34-29-30-44(31-34)40(47)41(2,3)48-36-27-23-33(24-28-36)38(45)32-21-25-35(42)26-22-32/h5-6,8-9,11-12,14-15,17-18,21-28,34,37H,4,7,10,13,16,19-20,29-31H2,1-3H3,(H2,43,46)/t34-,37?/m0/s1. The number of likely N-dealkylation sites (tertiary alicyclic amines) is 1. The summed E-state index contributed by atoms with van der Waals surface area (Å²) < 4.78 is 6.10. The molecule has 1 unspecified atom stereocenters. The van der Waals surface area contributed by atoms with Crippen LogP contribution in [-0.4, -0.2) is 41.2 Å². The number of nitrogens with zero attached hydrogens (tertiary/aromatic N) is 1. The van der Waals surface area contributed by atoms with Gasteiger partial charge in [0.2, 0.25) is 5.91 Å². The molecule has 2 aromatic carbocycles. The summed E-state index contributed by atoms with van der Waals surface area (Å²) in [6, 6.07) is 13.5. The molecule has 2 amide bonds. The molecule has 256 valence electrons. The topological polar surface area (TPSA) is 89.7 Å². The second-order valence-corrected chi connectivity index (χ2v) is 13.0. The lowest BCUT2D eigenvalue weighted by Gasteiger charge is -2.30. The molecule has 1 aliphatic rings. The van der Waals surface area contributed by atoms with E-state index in [4.69, 9.17) is 22.1 Å². The van der Waals surface area contributed by atoms with Gasteiger partial charge in [0.15, 0.2) is 11.4 Å². The van der Waals surface area contributed by atoms with Gasteiger partial charge in [0.25, 0.3) is 5.91 Å². The Kier molecular flexibility index (Phi) is 16.2. The Bertz CT molecular complexity index is 1470. The number of allylic oxidation sites excluding steroid dienone is 10. The van der Waals surface area contributed by atoms with E-state index in [9.17, 15) is 14.4 Å². The molecule has 6 nitrogen and oxygen atoms in total. The van der Waals surface area contributed by atoms with Gasteiger partial charge in [-0.15, -0.1) is 0 Å². The lowest BCUT2D eigenvalue weighted by atomic mass is 9.87. The predicted octanol–water partition coefficient (Wildman–Crippen LogP) is 9.21. The number of carbonyl (C=O) groups is 3. The van der Waals surface area contributed by atoms with Gasteiger partial charge in [-0.05, 0) is 120 Å². The van der Waals surface area contributed by atoms with E-state index < -0.39 is 5.60 Å². The third-order valence-corrected chi connectivity index (χ3v) is 8.61. The molecule has 2 N–H and O–H groups in total. The Morgan fingerprint density at radius 3 is 1.85 bits per heavy atom. The fourth-order valence-electron chi connectivity index (χ4n) is 5.72. The van der Waals surface area contributed by atoms with E-state index in [1.807, 2.05) is 0 Å². The average molecular weight is 671 g/mol. The lowest BCUT2D eigenvalue weighted by molar-refractivity contribution is -0.144. The molecule has 1 heterocycles. The average Bonchev–Trinajstić information content (AvgIpc) is 3.55. The summed E-state index contributed by atoms with van der Waals surface area (Å²) in [5, 5.41) is 0.568. The van der Waals surface area contributed by atoms with Crippen LogP contribution in [0.1, 0.15) is 88.1 Å². The summed E-state index contributed by atoms with van der Waals surface area (Å²) in [5.74, 6) is -0.369. The Balaban J connectivity index is 1.41. The second-order valence-electron chi connectivity index (χ2n) is 12.6. The van der Waals surface area contributed by atoms with Crippen molar-refractivity contribution in [2.24, 2.45) is 17.6 Å². The molecule has 0 bridgehead atoms. The molecular formula is C41H51ClN2O4. The number of benzene rings is 2. The summed E-state index contributed by atoms with van der Waals surface area (Å²) in [5.41, 5.74) is 5.75. The van der Waals surface area contributed by atoms with Gasteiger partial charge in [-0.25, -0.2) is 0 Å². The van der Waals surface area contributed by atoms with Crippen molar-refractivity contribution in [1.29, 1.82) is 0 Å². The third kappa shape index (κ3) is 12.8. The largest absolute Gasteiger partial charge is 0.478 e. The van der Waals surface area contributed by atoms with Gasteiger partial charge >= 0.3 is 0 Å². The van der Waals surface area contributed by atoms with Crippen LogP contribution in [0.4, 0.5) is 0 Å². The summed E-state index contributed by atoms with van der Waals surface area (Å²) >= 11 is 5.94. The number of halogens is 1. The first kappa shape index (κ1) is 38.3. The number of ether oxygens (including phenoxy) is 1. The molecule has 0 aromatic heterocycles. The minimum atomic E-state index is -1.13. The minimum absolute atomic E-state index is 0.0168. The van der Waals surface area contributed by atoms with Crippen molar-refractivity contribution >= 4 is 29.2 Å². The molecule has 1 aliphatic heterocycles. The molecule has 2 atom stereocenters. The Morgan fingerprint density at radius 2 is 1.33 bits per heavy atom. The normalized spacial score (nSPS) is 16.2. The zero-order valence-corrected chi connectivity index (χ0v) is 29.4. The monoisotopic (exact) mass is 670 g/mol. The minimum Gasteiger partial charge on any atom is -0.478 e. The lowest BCUT2D eigenvalue weighted by Crippen LogP contribution is -2.48. The highest BCUT2D eigenvalue weighted by molar-refractivity contribution is 6.30. The fourth-order valence-corrected chi connectivity index (χ4v) is 5.84. The SMILES string of the molecule is CCC=CCC=CCC=CCC=CCC=CCCC(C(N)=O)[C@H]1CCN(C(=O)C(C)(C)Oc2ccc(C(=O)c3ccc(Cl)cc3)cc2)C1. The number of hydrogen-bond donors (Lipinski definition) is 1. The van der Waals surface area contributed by atoms with E-state index in [1.165, 1.54) is 0 Å². The number of ketones is 1. The van der Waals surface area contributed by atoms with Crippen molar-refractivity contribution in [3.63, 3.8) is 0 Å². The summed E-state index contributed by atoms with van der Waals surface area (Å²) in [6.45, 7) is 6.64. The Labute approximate surface area is 292 Å². The van der Waals surface area contributed by atoms with Crippen molar-refractivity contribution in [3.05, 3.63) is 125 Å². The molecule has 0 radical (unpaired) electrons. The highest BCUT2D eigenvalue weighted by Gasteiger charge is 2.40. The maximum Gasteiger partial charge on any atom is 0.266 e. The van der Waals surface area contributed by atoms with Gasteiger partial charge in [-0.1, -0.05) is 79.3 Å². The molecule has 1 fully saturated rings. The molecule has 2 aromatic rings. The van der Waals surface area contributed by atoms with E-state index in [-0.39, 0.29) is 29.4 Å². The maximum absolute atomic E-state index is 13.5. The van der Waals surface area contributed by atoms with Crippen molar-refractivity contribution < 1.29 is 19.1 Å². The van der Waals surface area contributed by atoms with Crippen LogP contribution in [-0.2, 0) is 9.59 Å². The first-order valence-corrected chi connectivity index (χ1v) is 17.4. The molecule has 3 rings (SSSR count). The highest BCUT2D eigenvalue weighted by Crippen LogP contribution is 2.30. The number of hydrogen-bond acceptors (Lipinski definition) is 4. The second kappa shape index (κ2) is 20.3. The summed E-state index contributed by atoms with van der Waals surface area (Å²) in [4.78, 5) is 40.5. The fraction of sp³-hybridized carbons (Fsp3) is 0.390. The Morgan fingerprint density at radius 1 is 0.833 bits per heavy atom. The van der Waals surface area contributed by atoms with Gasteiger partial charge in [-0.2, -0.15) is 0 Å². The van der Waals surface area contributed by atoms with Crippen LogP contribution in [0.15, 0.2) is 109 Å². The van der Waals surface area contributed by atoms with Crippen LogP contribution in [0.5, 0.6) is 5.75 Å². The number of nitrogens with two attached hydrogens (primary N) is 1. The van der Waals surface area contributed by atoms with Crippen LogP contribution in [0.3, 0.4) is 0 Å². The van der Waals surface area contributed by atoms with E-state index in [0.717, 1.165) is 44.9 Å². The van der Waals surface area contributed by atoms with E-state index >= 15 is 0 Å². The molecular weight excluding hydrogens is 620 g/mol. The summed E-state index contributed by atoms with van der Waals surface area (Å²) in [7, 11) is 0. The van der Waals surface area contributed by atoms with Crippen molar-refractivity contribution in [2.45, 2.75) is 77.7 Å². The van der Waals surface area contributed by atoms with Gasteiger partial charge in [0.1, 0.15) is 5.75 Å². The van der Waals surface area contributed by atoms with Crippen LogP contribution >= 0.6 is 11.6 Å². The number of rotatable bonds is 19. The highest BCUT2D eigenvalue weighted by atomic mass is 35.5. The summed E-state index contributed by atoms with van der Waals surface area (Å²) in [6.07, 6.45) is 28.6. The van der Waals surface area contributed by atoms with Crippen molar-refractivity contribution in [2.75, 3.05) is 13.1 Å². The number of primary amides is 1. The molecule has 0 spiro atoms. The third-order valence-electron chi connectivity index (χ3n) is 8.36. The zero-order chi connectivity index (χ0) is 34.8. The predicted molar refractivity (Wildman–Crippen MR) is 197 cm³/mol. The molecule has 48 heavy (non-hydrogen) atoms. The van der Waals surface area contributed by atoms with Crippen LogP contribution in [0, 0.1) is 11.8 Å². The van der Waals surface area contributed by atoms with Gasteiger partial charge in [0, 0.05) is 35.2 Å². The smallest absolute Gasteiger partial charge is 0.266 e. The quantitative estimate of drug-likeness (QED) is 0.119. The van der Waals surface area contributed by atoms with Crippen LogP contribution in [0.25, 0.3) is 0 Å². The Hall–Kier alpha value is -4.16. The van der Waals surface area contributed by atoms with Gasteiger partial charge < -0.3 is 15.4 Å². The van der Waals surface area contributed by atoms with Gasteiger partial charge in [0.05, 0.1) is 0 Å². The number of amides is 2. The van der Waals surface area contributed by atoms with Crippen LogP contribution < -0.4 is 10.5 Å². The zero-order valence-electron chi connectivity index (χ0n) is 28.7. The van der Waals surface area contributed by atoms with E-state index in [2.05, 4.69) is 67.7 Å². The first-order valence-electron chi connectivity index (χ1n) is 17.1.